The number of hydrogen-bond acceptors (Lipinski definition) is 5. The van der Waals surface area contributed by atoms with E-state index >= 15 is 0 Å². The Morgan fingerprint density at radius 3 is 3.15 bits per heavy atom. The van der Waals surface area contributed by atoms with Crippen LogP contribution in [0.3, 0.4) is 0 Å². The number of aromatic amines is 1. The van der Waals surface area contributed by atoms with Gasteiger partial charge in [-0.2, -0.15) is 15.4 Å². The number of aromatic nitrogens is 6. The van der Waals surface area contributed by atoms with E-state index in [0.29, 0.717) is 12.2 Å². The van der Waals surface area contributed by atoms with Crippen molar-refractivity contribution in [3.8, 4) is 0 Å². The van der Waals surface area contributed by atoms with E-state index in [2.05, 4.69) is 30.7 Å². The van der Waals surface area contributed by atoms with Crippen LogP contribution in [-0.4, -0.2) is 35.7 Å². The van der Waals surface area contributed by atoms with E-state index in [9.17, 15) is 4.79 Å². The predicted molar refractivity (Wildman–Crippen MR) is 69.9 cm³/mol. The molecule has 1 amide bonds. The monoisotopic (exact) mass is 271 g/mol. The maximum Gasteiger partial charge on any atom is 0.273 e. The molecular formula is C12H13N7O. The molecule has 20 heavy (non-hydrogen) atoms. The van der Waals surface area contributed by atoms with Crippen molar-refractivity contribution in [1.82, 2.24) is 35.1 Å². The van der Waals surface area contributed by atoms with Crippen LogP contribution in [0.25, 0.3) is 5.78 Å². The second-order valence-electron chi connectivity index (χ2n) is 4.28. The molecule has 1 unspecified atom stereocenters. The quantitative estimate of drug-likeness (QED) is 0.728. The van der Waals surface area contributed by atoms with Gasteiger partial charge in [-0.05, 0) is 12.5 Å². The van der Waals surface area contributed by atoms with E-state index in [1.807, 2.05) is 29.8 Å². The number of nitrogens with one attached hydrogen (secondary N) is 2. The highest BCUT2D eigenvalue weighted by Gasteiger charge is 2.18. The summed E-state index contributed by atoms with van der Waals surface area (Å²) in [6.07, 6.45) is 7.51. The molecule has 0 saturated heterocycles. The first kappa shape index (κ1) is 12.3. The summed E-state index contributed by atoms with van der Waals surface area (Å²) < 4.78 is 1.82. The minimum Gasteiger partial charge on any atom is -0.342 e. The molecule has 0 radical (unpaired) electrons. The fraction of sp³-hybridized carbons (Fsp3) is 0.250. The summed E-state index contributed by atoms with van der Waals surface area (Å²) in [6.45, 7) is 1.98. The topological polar surface area (TPSA) is 101 Å². The molecule has 0 aliphatic carbocycles. The number of rotatable bonds is 4. The molecule has 3 aromatic heterocycles. The van der Waals surface area contributed by atoms with Crippen molar-refractivity contribution in [2.45, 2.75) is 19.4 Å². The maximum absolute atomic E-state index is 12.0. The maximum atomic E-state index is 12.0. The Morgan fingerprint density at radius 2 is 2.45 bits per heavy atom. The number of carbonyl (C=O) groups excluding carboxylic acids is 1. The lowest BCUT2D eigenvalue weighted by molar-refractivity contribution is 0.0929. The molecule has 3 rings (SSSR count). The normalized spacial score (nSPS) is 12.4. The largest absolute Gasteiger partial charge is 0.342 e. The van der Waals surface area contributed by atoms with E-state index in [-0.39, 0.29) is 17.6 Å². The minimum absolute atomic E-state index is 0.194. The highest BCUT2D eigenvalue weighted by molar-refractivity contribution is 5.92. The Balaban J connectivity index is 1.84. The molecule has 8 nitrogen and oxygen atoms in total. The predicted octanol–water partition coefficient (Wildman–Crippen LogP) is 0.728. The second kappa shape index (κ2) is 5.08. The number of hydrogen-bond donors (Lipinski definition) is 2. The molecule has 0 fully saturated rings. The summed E-state index contributed by atoms with van der Waals surface area (Å²) in [5.41, 5.74) is 1.02. The molecule has 0 aliphatic rings. The van der Waals surface area contributed by atoms with Gasteiger partial charge in [0.15, 0.2) is 5.69 Å². The number of fused-ring (bicyclic) bond motifs is 1. The lowest BCUT2D eigenvalue weighted by atomic mass is 10.1. The Morgan fingerprint density at radius 1 is 1.55 bits per heavy atom. The van der Waals surface area contributed by atoms with E-state index in [1.165, 1.54) is 6.20 Å². The first-order valence-corrected chi connectivity index (χ1v) is 6.24. The Kier molecular flexibility index (Phi) is 3.12. The van der Waals surface area contributed by atoms with Crippen molar-refractivity contribution in [1.29, 1.82) is 0 Å². The molecular weight excluding hydrogens is 258 g/mol. The van der Waals surface area contributed by atoms with Gasteiger partial charge in [0, 0.05) is 18.6 Å². The van der Waals surface area contributed by atoms with Crippen LogP contribution in [0.2, 0.25) is 0 Å². The molecule has 3 aromatic rings. The molecule has 2 N–H and O–H groups in total. The van der Waals surface area contributed by atoms with Crippen LogP contribution in [0.5, 0.6) is 0 Å². The highest BCUT2D eigenvalue weighted by Crippen LogP contribution is 2.16. The van der Waals surface area contributed by atoms with E-state index < -0.39 is 0 Å². The number of H-pyrrole nitrogens is 1. The van der Waals surface area contributed by atoms with Gasteiger partial charge in [-0.1, -0.05) is 6.92 Å². The zero-order chi connectivity index (χ0) is 13.9. The van der Waals surface area contributed by atoms with Crippen molar-refractivity contribution in [3.63, 3.8) is 0 Å². The van der Waals surface area contributed by atoms with Crippen molar-refractivity contribution in [3.05, 3.63) is 42.2 Å². The van der Waals surface area contributed by atoms with Gasteiger partial charge in [0.2, 0.25) is 5.78 Å². The van der Waals surface area contributed by atoms with Crippen LogP contribution in [0.15, 0.2) is 30.9 Å². The molecule has 8 heteroatoms. The van der Waals surface area contributed by atoms with Crippen molar-refractivity contribution in [2.24, 2.45) is 0 Å². The lowest BCUT2D eigenvalue weighted by Crippen LogP contribution is -2.28. The van der Waals surface area contributed by atoms with Crippen molar-refractivity contribution in [2.75, 3.05) is 0 Å². The van der Waals surface area contributed by atoms with Crippen LogP contribution in [-0.2, 0) is 0 Å². The third kappa shape index (κ3) is 2.22. The molecule has 0 aliphatic heterocycles. The Hall–Kier alpha value is -2.77. The SMILES string of the molecule is CCC(NC(=O)c1cn[nH]n1)c1cn2cccnc2n1. The third-order valence-corrected chi connectivity index (χ3v) is 2.97. The number of nitrogens with zero attached hydrogens (tertiary/aromatic N) is 5. The number of imidazole rings is 1. The number of amides is 1. The molecule has 0 aromatic carbocycles. The van der Waals surface area contributed by atoms with Crippen LogP contribution in [0.1, 0.15) is 35.6 Å². The van der Waals surface area contributed by atoms with Gasteiger partial charge in [-0.15, -0.1) is 0 Å². The molecule has 0 saturated carbocycles. The summed E-state index contributed by atoms with van der Waals surface area (Å²) in [4.78, 5) is 20.6. The van der Waals surface area contributed by atoms with Gasteiger partial charge in [-0.25, -0.2) is 9.97 Å². The summed E-state index contributed by atoms with van der Waals surface area (Å²) in [7, 11) is 0. The summed E-state index contributed by atoms with van der Waals surface area (Å²) in [5.74, 6) is 0.326. The zero-order valence-electron chi connectivity index (χ0n) is 10.8. The van der Waals surface area contributed by atoms with Crippen LogP contribution >= 0.6 is 0 Å². The van der Waals surface area contributed by atoms with Gasteiger partial charge in [0.05, 0.1) is 17.9 Å². The standard InChI is InChI=1S/C12H13N7O/c1-2-8(15-11(20)9-6-14-18-17-9)10-7-19-5-3-4-13-12(19)16-10/h3-8H,2H2,1H3,(H,15,20)(H,14,17,18). The first-order valence-electron chi connectivity index (χ1n) is 6.24. The summed E-state index contributed by atoms with van der Waals surface area (Å²) in [6, 6.07) is 1.63. The average Bonchev–Trinajstić information content (AvgIpc) is 3.12. The lowest BCUT2D eigenvalue weighted by Gasteiger charge is -2.13. The van der Waals surface area contributed by atoms with Crippen LogP contribution < -0.4 is 5.32 Å². The molecule has 0 bridgehead atoms. The molecule has 102 valence electrons. The van der Waals surface area contributed by atoms with E-state index in [0.717, 1.165) is 5.69 Å². The number of carbonyl (C=O) groups is 1. The van der Waals surface area contributed by atoms with E-state index in [4.69, 9.17) is 0 Å². The van der Waals surface area contributed by atoms with Gasteiger partial charge in [0.25, 0.3) is 5.91 Å². The second-order valence-corrected chi connectivity index (χ2v) is 4.28. The Bertz CT molecular complexity index is 685. The van der Waals surface area contributed by atoms with E-state index in [1.54, 1.807) is 6.20 Å². The molecule has 3 heterocycles. The average molecular weight is 271 g/mol. The smallest absolute Gasteiger partial charge is 0.273 e. The molecule has 1 atom stereocenters. The minimum atomic E-state index is -0.282. The fourth-order valence-electron chi connectivity index (χ4n) is 1.94. The zero-order valence-corrected chi connectivity index (χ0v) is 10.8. The first-order chi connectivity index (χ1) is 9.78. The van der Waals surface area contributed by atoms with Crippen molar-refractivity contribution >= 4 is 11.7 Å². The van der Waals surface area contributed by atoms with Crippen LogP contribution in [0.4, 0.5) is 0 Å². The van der Waals surface area contributed by atoms with Gasteiger partial charge >= 0.3 is 0 Å². The summed E-state index contributed by atoms with van der Waals surface area (Å²) >= 11 is 0. The third-order valence-electron chi connectivity index (χ3n) is 2.97. The van der Waals surface area contributed by atoms with Crippen molar-refractivity contribution < 1.29 is 4.79 Å². The fourth-order valence-corrected chi connectivity index (χ4v) is 1.94. The van der Waals surface area contributed by atoms with Gasteiger partial charge in [0.1, 0.15) is 0 Å². The molecule has 0 spiro atoms. The summed E-state index contributed by atoms with van der Waals surface area (Å²) in [5, 5.41) is 12.7. The highest BCUT2D eigenvalue weighted by atomic mass is 16.2. The van der Waals surface area contributed by atoms with Crippen LogP contribution in [0, 0.1) is 0 Å². The Labute approximate surface area is 114 Å². The van der Waals surface area contributed by atoms with Gasteiger partial charge < -0.3 is 5.32 Å². The van der Waals surface area contributed by atoms with Gasteiger partial charge in [-0.3, -0.25) is 9.20 Å².